The normalized spacial score (nSPS) is 32.6. The molecule has 4 nitrogen and oxygen atoms in total. The third kappa shape index (κ3) is 3.11. The molecule has 1 N–H and O–H groups in total. The van der Waals surface area contributed by atoms with Crippen LogP contribution in [-0.2, 0) is 4.79 Å². The van der Waals surface area contributed by atoms with Gasteiger partial charge in [-0.3, -0.25) is 4.79 Å². The van der Waals surface area contributed by atoms with E-state index in [-0.39, 0.29) is 0 Å². The number of carbonyl (C=O) groups is 1. The monoisotopic (exact) mass is 265 g/mol. The summed E-state index contributed by atoms with van der Waals surface area (Å²) in [4.78, 5) is 16.9. The highest BCUT2D eigenvalue weighted by molar-refractivity contribution is 5.77. The molecule has 0 spiro atoms. The Labute approximate surface area is 116 Å². The van der Waals surface area contributed by atoms with Crippen LogP contribution in [-0.4, -0.2) is 61.0 Å². The molecule has 3 saturated heterocycles. The van der Waals surface area contributed by atoms with E-state index < -0.39 is 0 Å². The fourth-order valence-electron chi connectivity index (χ4n) is 4.01. The van der Waals surface area contributed by atoms with E-state index >= 15 is 0 Å². The summed E-state index contributed by atoms with van der Waals surface area (Å²) >= 11 is 0. The molecule has 0 bridgehead atoms. The summed E-state index contributed by atoms with van der Waals surface area (Å²) < 4.78 is 0. The number of nitrogens with one attached hydrogen (secondary N) is 1. The number of nitrogens with zero attached hydrogens (tertiary/aromatic N) is 2. The van der Waals surface area contributed by atoms with Crippen LogP contribution in [0.25, 0.3) is 0 Å². The van der Waals surface area contributed by atoms with Crippen molar-refractivity contribution in [1.82, 2.24) is 15.1 Å². The van der Waals surface area contributed by atoms with Crippen LogP contribution in [0.4, 0.5) is 0 Å². The zero-order chi connectivity index (χ0) is 13.1. The molecule has 108 valence electrons. The predicted octanol–water partition coefficient (Wildman–Crippen LogP) is 1.07. The van der Waals surface area contributed by atoms with Gasteiger partial charge < -0.3 is 15.1 Å². The quantitative estimate of drug-likeness (QED) is 0.826. The van der Waals surface area contributed by atoms with E-state index in [9.17, 15) is 4.79 Å². The molecule has 3 rings (SSSR count). The first-order valence-electron chi connectivity index (χ1n) is 8.07. The lowest BCUT2D eigenvalue weighted by Crippen LogP contribution is -2.55. The Balaban J connectivity index is 1.50. The van der Waals surface area contributed by atoms with Gasteiger partial charge in [-0.1, -0.05) is 0 Å². The molecular formula is C15H27N3O. The molecule has 0 aromatic carbocycles. The minimum atomic E-state index is 0.407. The molecule has 0 saturated carbocycles. The van der Waals surface area contributed by atoms with E-state index in [1.54, 1.807) is 0 Å². The Hall–Kier alpha value is -0.610. The zero-order valence-corrected chi connectivity index (χ0v) is 11.9. The first kappa shape index (κ1) is 13.4. The van der Waals surface area contributed by atoms with Crippen LogP contribution in [0.5, 0.6) is 0 Å². The van der Waals surface area contributed by atoms with Crippen molar-refractivity contribution in [2.75, 3.05) is 39.3 Å². The van der Waals surface area contributed by atoms with Gasteiger partial charge in [-0.25, -0.2) is 0 Å². The molecule has 3 heterocycles. The van der Waals surface area contributed by atoms with E-state index in [2.05, 4.69) is 15.1 Å². The van der Waals surface area contributed by atoms with Crippen LogP contribution in [0, 0.1) is 5.92 Å². The van der Waals surface area contributed by atoms with Crippen molar-refractivity contribution in [1.29, 1.82) is 0 Å². The van der Waals surface area contributed by atoms with Crippen molar-refractivity contribution in [3.63, 3.8) is 0 Å². The maximum absolute atomic E-state index is 12.2. The van der Waals surface area contributed by atoms with Crippen molar-refractivity contribution >= 4 is 5.91 Å². The second-order valence-corrected chi connectivity index (χ2v) is 6.35. The van der Waals surface area contributed by atoms with Gasteiger partial charge in [-0.2, -0.15) is 0 Å². The molecule has 3 aliphatic heterocycles. The Morgan fingerprint density at radius 3 is 2.84 bits per heavy atom. The van der Waals surface area contributed by atoms with Gasteiger partial charge >= 0.3 is 0 Å². The number of piperidine rings is 2. The molecule has 0 aliphatic carbocycles. The molecule has 2 unspecified atom stereocenters. The van der Waals surface area contributed by atoms with Gasteiger partial charge in [-0.05, 0) is 70.7 Å². The number of amides is 1. The van der Waals surface area contributed by atoms with Crippen LogP contribution >= 0.6 is 0 Å². The van der Waals surface area contributed by atoms with Crippen LogP contribution < -0.4 is 5.32 Å². The van der Waals surface area contributed by atoms with Gasteiger partial charge in [0.05, 0.1) is 0 Å². The number of hydrogen-bond donors (Lipinski definition) is 1. The molecule has 0 radical (unpaired) electrons. The fourth-order valence-corrected chi connectivity index (χ4v) is 4.01. The summed E-state index contributed by atoms with van der Waals surface area (Å²) in [6.45, 7) is 6.89. The third-order valence-corrected chi connectivity index (χ3v) is 5.09. The topological polar surface area (TPSA) is 35.6 Å². The summed E-state index contributed by atoms with van der Waals surface area (Å²) in [7, 11) is 0. The summed E-state index contributed by atoms with van der Waals surface area (Å²) in [5.41, 5.74) is 0. The van der Waals surface area contributed by atoms with Gasteiger partial charge in [0.2, 0.25) is 5.91 Å². The smallest absolute Gasteiger partial charge is 0.222 e. The molecule has 4 heteroatoms. The molecular weight excluding hydrogens is 238 g/mol. The highest BCUT2D eigenvalue weighted by Crippen LogP contribution is 2.28. The van der Waals surface area contributed by atoms with Gasteiger partial charge in [0.25, 0.3) is 0 Å². The Kier molecular flexibility index (Phi) is 4.38. The number of fused-ring (bicyclic) bond motifs is 1. The average molecular weight is 265 g/mol. The van der Waals surface area contributed by atoms with E-state index in [0.717, 1.165) is 45.3 Å². The fraction of sp³-hybridized carbons (Fsp3) is 0.933. The maximum atomic E-state index is 12.2. The molecule has 2 atom stereocenters. The number of rotatable bonds is 4. The molecule has 0 aromatic rings. The van der Waals surface area contributed by atoms with Gasteiger partial charge in [-0.15, -0.1) is 0 Å². The molecule has 0 aromatic heterocycles. The summed E-state index contributed by atoms with van der Waals surface area (Å²) in [6.07, 6.45) is 6.90. The SMILES string of the molecule is O=C1CCC2CNCCC2N1CCCN1CCCC1. The van der Waals surface area contributed by atoms with E-state index in [0.29, 0.717) is 17.9 Å². The summed E-state index contributed by atoms with van der Waals surface area (Å²) in [5, 5.41) is 3.47. The first-order valence-corrected chi connectivity index (χ1v) is 8.07. The number of likely N-dealkylation sites (tertiary alicyclic amines) is 2. The van der Waals surface area contributed by atoms with Gasteiger partial charge in [0.1, 0.15) is 0 Å². The van der Waals surface area contributed by atoms with Crippen molar-refractivity contribution in [2.45, 2.75) is 44.6 Å². The number of hydrogen-bond acceptors (Lipinski definition) is 3. The molecule has 1 amide bonds. The Bertz CT molecular complexity index is 315. The largest absolute Gasteiger partial charge is 0.339 e. The lowest BCUT2D eigenvalue weighted by atomic mass is 9.84. The van der Waals surface area contributed by atoms with Crippen LogP contribution in [0.2, 0.25) is 0 Å². The summed E-state index contributed by atoms with van der Waals surface area (Å²) in [5.74, 6) is 1.11. The minimum Gasteiger partial charge on any atom is -0.339 e. The predicted molar refractivity (Wildman–Crippen MR) is 76.0 cm³/mol. The maximum Gasteiger partial charge on any atom is 0.222 e. The van der Waals surface area contributed by atoms with Crippen molar-refractivity contribution in [3.8, 4) is 0 Å². The van der Waals surface area contributed by atoms with Crippen molar-refractivity contribution in [2.24, 2.45) is 5.92 Å². The van der Waals surface area contributed by atoms with E-state index in [4.69, 9.17) is 0 Å². The minimum absolute atomic E-state index is 0.407. The molecule has 19 heavy (non-hydrogen) atoms. The standard InChI is InChI=1S/C15H27N3O/c19-15-5-4-13-12-16-7-6-14(13)18(15)11-3-10-17-8-1-2-9-17/h13-14,16H,1-12H2. The van der Waals surface area contributed by atoms with Crippen molar-refractivity contribution < 1.29 is 4.79 Å². The van der Waals surface area contributed by atoms with Gasteiger partial charge in [0.15, 0.2) is 0 Å². The lowest BCUT2D eigenvalue weighted by molar-refractivity contribution is -0.139. The van der Waals surface area contributed by atoms with Crippen molar-refractivity contribution in [3.05, 3.63) is 0 Å². The highest BCUT2D eigenvalue weighted by atomic mass is 16.2. The molecule has 3 fully saturated rings. The Morgan fingerprint density at radius 2 is 2.00 bits per heavy atom. The van der Waals surface area contributed by atoms with Crippen LogP contribution in [0.3, 0.4) is 0 Å². The summed E-state index contributed by atoms with van der Waals surface area (Å²) in [6, 6.07) is 0.529. The van der Waals surface area contributed by atoms with Crippen LogP contribution in [0.15, 0.2) is 0 Å². The average Bonchev–Trinajstić information content (AvgIpc) is 2.94. The van der Waals surface area contributed by atoms with Crippen LogP contribution in [0.1, 0.15) is 38.5 Å². The third-order valence-electron chi connectivity index (χ3n) is 5.09. The first-order chi connectivity index (χ1) is 9.34. The van der Waals surface area contributed by atoms with E-state index in [1.165, 1.54) is 32.5 Å². The highest BCUT2D eigenvalue weighted by Gasteiger charge is 2.36. The second-order valence-electron chi connectivity index (χ2n) is 6.35. The van der Waals surface area contributed by atoms with Gasteiger partial charge in [0, 0.05) is 19.0 Å². The second kappa shape index (κ2) is 6.23. The zero-order valence-electron chi connectivity index (χ0n) is 11.9. The molecule has 3 aliphatic rings. The lowest BCUT2D eigenvalue weighted by Gasteiger charge is -2.44. The Morgan fingerprint density at radius 1 is 1.16 bits per heavy atom. The number of carbonyl (C=O) groups excluding carboxylic acids is 1. The van der Waals surface area contributed by atoms with E-state index in [1.807, 2.05) is 0 Å².